The van der Waals surface area contributed by atoms with Gasteiger partial charge in [0.05, 0.1) is 11.8 Å². The summed E-state index contributed by atoms with van der Waals surface area (Å²) in [7, 11) is 0. The lowest BCUT2D eigenvalue weighted by atomic mass is 10.1. The van der Waals surface area contributed by atoms with Crippen molar-refractivity contribution in [3.8, 4) is 5.75 Å². The minimum Gasteiger partial charge on any atom is -0.489 e. The van der Waals surface area contributed by atoms with Crippen molar-refractivity contribution in [2.24, 2.45) is 5.73 Å². The van der Waals surface area contributed by atoms with Crippen molar-refractivity contribution < 1.29 is 9.84 Å². The monoisotopic (exact) mass is 288 g/mol. The van der Waals surface area contributed by atoms with Crippen molar-refractivity contribution in [2.75, 3.05) is 18.9 Å². The minimum atomic E-state index is -0.513. The van der Waals surface area contributed by atoms with Crippen LogP contribution in [0.5, 0.6) is 5.75 Å². The fraction of sp³-hybridized carbons (Fsp3) is 0.455. The van der Waals surface area contributed by atoms with Gasteiger partial charge in [-0.1, -0.05) is 15.9 Å². The molecule has 5 N–H and O–H groups in total. The fourth-order valence-corrected chi connectivity index (χ4v) is 1.90. The van der Waals surface area contributed by atoms with Crippen molar-refractivity contribution in [1.29, 1.82) is 0 Å². The second-order valence-electron chi connectivity index (χ2n) is 3.64. The number of nitrogens with two attached hydrogens (primary N) is 2. The normalized spacial score (nSPS) is 12.5. The van der Waals surface area contributed by atoms with Gasteiger partial charge in [0.25, 0.3) is 0 Å². The first-order valence-corrected chi connectivity index (χ1v) is 5.93. The molecule has 90 valence electrons. The van der Waals surface area contributed by atoms with E-state index in [4.69, 9.17) is 21.3 Å². The van der Waals surface area contributed by atoms with E-state index >= 15 is 0 Å². The molecular weight excluding hydrogens is 272 g/mol. The quantitative estimate of drug-likeness (QED) is 0.713. The Balaban J connectivity index is 2.89. The number of hydrogen-bond donors (Lipinski definition) is 3. The summed E-state index contributed by atoms with van der Waals surface area (Å²) in [4.78, 5) is 0. The third kappa shape index (κ3) is 3.37. The van der Waals surface area contributed by atoms with Crippen LogP contribution in [0.25, 0.3) is 0 Å². The summed E-state index contributed by atoms with van der Waals surface area (Å²) < 4.78 is 6.33. The van der Waals surface area contributed by atoms with E-state index in [1.54, 1.807) is 13.0 Å². The number of rotatable bonds is 5. The van der Waals surface area contributed by atoms with E-state index in [1.807, 2.05) is 6.07 Å². The third-order valence-electron chi connectivity index (χ3n) is 2.13. The van der Waals surface area contributed by atoms with Crippen LogP contribution < -0.4 is 16.2 Å². The molecule has 1 aromatic rings. The molecule has 0 saturated carbocycles. The lowest BCUT2D eigenvalue weighted by Gasteiger charge is -2.14. The topological polar surface area (TPSA) is 81.5 Å². The fourth-order valence-electron chi connectivity index (χ4n) is 1.35. The number of halogens is 1. The number of benzene rings is 1. The molecule has 1 unspecified atom stereocenters. The number of anilines is 1. The Labute approximate surface area is 104 Å². The van der Waals surface area contributed by atoms with Gasteiger partial charge in [0.2, 0.25) is 0 Å². The highest BCUT2D eigenvalue weighted by Gasteiger charge is 2.10. The zero-order valence-electron chi connectivity index (χ0n) is 9.24. The van der Waals surface area contributed by atoms with Crippen molar-refractivity contribution >= 4 is 21.6 Å². The van der Waals surface area contributed by atoms with E-state index in [9.17, 15) is 0 Å². The maximum Gasteiger partial charge on any atom is 0.142 e. The van der Waals surface area contributed by atoms with Crippen LogP contribution in [0.2, 0.25) is 0 Å². The number of hydrogen-bond acceptors (Lipinski definition) is 4. The lowest BCUT2D eigenvalue weighted by molar-refractivity contribution is 0.123. The van der Waals surface area contributed by atoms with Crippen LogP contribution in [-0.2, 0) is 6.42 Å². The van der Waals surface area contributed by atoms with Gasteiger partial charge in [-0.3, -0.25) is 0 Å². The van der Waals surface area contributed by atoms with Gasteiger partial charge in [-0.05, 0) is 37.6 Å². The van der Waals surface area contributed by atoms with E-state index in [0.29, 0.717) is 24.4 Å². The van der Waals surface area contributed by atoms with Crippen LogP contribution in [-0.4, -0.2) is 24.4 Å². The third-order valence-corrected chi connectivity index (χ3v) is 2.88. The van der Waals surface area contributed by atoms with Crippen LogP contribution in [0.3, 0.4) is 0 Å². The maximum atomic E-state index is 9.14. The molecule has 4 nitrogen and oxygen atoms in total. The van der Waals surface area contributed by atoms with E-state index in [0.717, 1.165) is 10.0 Å². The lowest BCUT2D eigenvalue weighted by Crippen LogP contribution is -2.14. The SMILES string of the molecule is CC(O)COc1ccc(Br)c(CCN)c1N. The number of ether oxygens (including phenoxy) is 1. The molecule has 1 rings (SSSR count). The Morgan fingerprint density at radius 1 is 1.50 bits per heavy atom. The predicted octanol–water partition coefficient (Wildman–Crippen LogP) is 1.29. The second kappa shape index (κ2) is 6.08. The Kier molecular flexibility index (Phi) is 5.05. The predicted molar refractivity (Wildman–Crippen MR) is 68.5 cm³/mol. The molecule has 1 aromatic carbocycles. The molecule has 0 aliphatic rings. The van der Waals surface area contributed by atoms with Crippen molar-refractivity contribution in [1.82, 2.24) is 0 Å². The van der Waals surface area contributed by atoms with Crippen molar-refractivity contribution in [3.63, 3.8) is 0 Å². The van der Waals surface area contributed by atoms with Crippen molar-refractivity contribution in [2.45, 2.75) is 19.4 Å². The summed E-state index contributed by atoms with van der Waals surface area (Å²) in [5.41, 5.74) is 13.0. The molecule has 0 fully saturated rings. The molecule has 0 radical (unpaired) electrons. The average molecular weight is 289 g/mol. The van der Waals surface area contributed by atoms with E-state index in [-0.39, 0.29) is 6.61 Å². The van der Waals surface area contributed by atoms with E-state index < -0.39 is 6.10 Å². The highest BCUT2D eigenvalue weighted by atomic mass is 79.9. The highest BCUT2D eigenvalue weighted by molar-refractivity contribution is 9.10. The first-order chi connectivity index (χ1) is 7.56. The molecule has 16 heavy (non-hydrogen) atoms. The van der Waals surface area contributed by atoms with Crippen LogP contribution >= 0.6 is 15.9 Å². The van der Waals surface area contributed by atoms with Gasteiger partial charge in [-0.2, -0.15) is 0 Å². The van der Waals surface area contributed by atoms with Gasteiger partial charge in [0.15, 0.2) is 0 Å². The molecule has 0 bridgehead atoms. The Morgan fingerprint density at radius 2 is 2.19 bits per heavy atom. The molecule has 0 amide bonds. The summed E-state index contributed by atoms with van der Waals surface area (Å²) in [6.45, 7) is 2.42. The van der Waals surface area contributed by atoms with E-state index in [1.165, 1.54) is 0 Å². The standard InChI is InChI=1S/C11H17BrN2O2/c1-7(15)6-16-10-3-2-9(12)8(4-5-13)11(10)14/h2-3,7,15H,4-6,13-14H2,1H3. The molecule has 5 heteroatoms. The van der Waals surface area contributed by atoms with Gasteiger partial charge in [0.1, 0.15) is 12.4 Å². The van der Waals surface area contributed by atoms with Gasteiger partial charge >= 0.3 is 0 Å². The largest absolute Gasteiger partial charge is 0.489 e. The van der Waals surface area contributed by atoms with E-state index in [2.05, 4.69) is 15.9 Å². The first-order valence-electron chi connectivity index (χ1n) is 5.14. The summed E-state index contributed by atoms with van der Waals surface area (Å²) in [6.07, 6.45) is 0.180. The van der Waals surface area contributed by atoms with Gasteiger partial charge in [0, 0.05) is 4.47 Å². The van der Waals surface area contributed by atoms with Gasteiger partial charge in [-0.15, -0.1) is 0 Å². The molecule has 0 heterocycles. The molecule has 0 aliphatic heterocycles. The zero-order chi connectivity index (χ0) is 12.1. The average Bonchev–Trinajstić information content (AvgIpc) is 2.23. The minimum absolute atomic E-state index is 0.230. The van der Waals surface area contributed by atoms with Crippen LogP contribution in [0.1, 0.15) is 12.5 Å². The molecule has 0 aromatic heterocycles. The number of aliphatic hydroxyl groups excluding tert-OH is 1. The van der Waals surface area contributed by atoms with Crippen LogP contribution in [0, 0.1) is 0 Å². The Bertz CT molecular complexity index is 356. The Morgan fingerprint density at radius 3 is 2.75 bits per heavy atom. The van der Waals surface area contributed by atoms with Crippen LogP contribution in [0.15, 0.2) is 16.6 Å². The summed E-state index contributed by atoms with van der Waals surface area (Å²) in [5.74, 6) is 0.590. The van der Waals surface area contributed by atoms with Crippen LogP contribution in [0.4, 0.5) is 5.69 Å². The zero-order valence-corrected chi connectivity index (χ0v) is 10.8. The van der Waals surface area contributed by atoms with Gasteiger partial charge in [-0.25, -0.2) is 0 Å². The molecular formula is C11H17BrN2O2. The van der Waals surface area contributed by atoms with Gasteiger partial charge < -0.3 is 21.3 Å². The molecule has 0 spiro atoms. The highest BCUT2D eigenvalue weighted by Crippen LogP contribution is 2.31. The second-order valence-corrected chi connectivity index (χ2v) is 4.49. The summed E-state index contributed by atoms with van der Waals surface area (Å²) in [5, 5.41) is 9.14. The maximum absolute atomic E-state index is 9.14. The summed E-state index contributed by atoms with van der Waals surface area (Å²) >= 11 is 3.42. The molecule has 1 atom stereocenters. The number of aliphatic hydroxyl groups is 1. The number of nitrogen functional groups attached to an aromatic ring is 1. The molecule has 0 aliphatic carbocycles. The Hall–Kier alpha value is -0.780. The van der Waals surface area contributed by atoms with Crippen molar-refractivity contribution in [3.05, 3.63) is 22.2 Å². The molecule has 0 saturated heterocycles. The first kappa shape index (κ1) is 13.3. The smallest absolute Gasteiger partial charge is 0.142 e. The summed E-state index contributed by atoms with van der Waals surface area (Å²) in [6, 6.07) is 3.65.